The third kappa shape index (κ3) is 13.0. The number of unbranched alkanes of at least 4 members (excludes halogenated alkanes) is 9. The monoisotopic (exact) mass is 311 g/mol. The molecule has 0 heterocycles. The summed E-state index contributed by atoms with van der Waals surface area (Å²) in [6.45, 7) is 5.73. The third-order valence-corrected chi connectivity index (χ3v) is 4.98. The van der Waals surface area contributed by atoms with E-state index in [2.05, 4.69) is 6.92 Å². The molecule has 0 unspecified atom stereocenters. The normalized spacial score (nSPS) is 12.4. The van der Waals surface area contributed by atoms with Gasteiger partial charge in [0.2, 0.25) is 0 Å². The van der Waals surface area contributed by atoms with Crippen LogP contribution in [-0.4, -0.2) is 16.5 Å². The van der Waals surface area contributed by atoms with Crippen LogP contribution < -0.4 is 0 Å². The minimum Gasteiger partial charge on any atom is -0.385 e. The second kappa shape index (κ2) is 13.2. The summed E-state index contributed by atoms with van der Waals surface area (Å²) < 4.78 is 0. The lowest BCUT2D eigenvalue weighted by Gasteiger charge is -2.20. The zero-order valence-electron chi connectivity index (χ0n) is 14.2. The molecular formula is C18H33NOS. The Morgan fingerprint density at radius 1 is 1.00 bits per heavy atom. The molecule has 0 aliphatic rings. The van der Waals surface area contributed by atoms with E-state index in [-0.39, 0.29) is 0 Å². The summed E-state index contributed by atoms with van der Waals surface area (Å²) in [5, 5.41) is 18.7. The van der Waals surface area contributed by atoms with E-state index in [1.165, 1.54) is 70.3 Å². The molecule has 0 bridgehead atoms. The van der Waals surface area contributed by atoms with Crippen molar-refractivity contribution < 1.29 is 5.11 Å². The van der Waals surface area contributed by atoms with Crippen molar-refractivity contribution in [3.8, 4) is 6.07 Å². The third-order valence-electron chi connectivity index (χ3n) is 3.55. The van der Waals surface area contributed by atoms with Crippen LogP contribution in [0.15, 0.2) is 11.0 Å². The van der Waals surface area contributed by atoms with Crippen molar-refractivity contribution >= 4 is 11.8 Å². The summed E-state index contributed by atoms with van der Waals surface area (Å²) >= 11 is 1.62. The summed E-state index contributed by atoms with van der Waals surface area (Å²) in [4.78, 5) is 0.779. The first-order valence-electron chi connectivity index (χ1n) is 8.47. The molecule has 3 heteroatoms. The minimum atomic E-state index is -0.890. The summed E-state index contributed by atoms with van der Waals surface area (Å²) in [5.41, 5.74) is -0.890. The van der Waals surface area contributed by atoms with Crippen molar-refractivity contribution in [3.05, 3.63) is 11.0 Å². The van der Waals surface area contributed by atoms with E-state index in [0.717, 1.165) is 10.7 Å². The zero-order valence-corrected chi connectivity index (χ0v) is 15.0. The van der Waals surface area contributed by atoms with Gasteiger partial charge < -0.3 is 5.11 Å². The lowest BCUT2D eigenvalue weighted by molar-refractivity contribution is 0.129. The van der Waals surface area contributed by atoms with Crippen LogP contribution >= 0.6 is 11.8 Å². The van der Waals surface area contributed by atoms with Gasteiger partial charge in [0.25, 0.3) is 0 Å². The smallest absolute Gasteiger partial charge is 0.0921 e. The number of nitrogens with zero attached hydrogens (tertiary/aromatic N) is 1. The highest BCUT2D eigenvalue weighted by Gasteiger charge is 2.19. The quantitative estimate of drug-likeness (QED) is 0.344. The van der Waals surface area contributed by atoms with Gasteiger partial charge in [-0.15, -0.1) is 11.8 Å². The van der Waals surface area contributed by atoms with E-state index in [4.69, 9.17) is 5.26 Å². The molecule has 0 rings (SSSR count). The highest BCUT2D eigenvalue weighted by atomic mass is 32.2. The summed E-state index contributed by atoms with van der Waals surface area (Å²) in [6.07, 6.45) is 14.8. The number of hydrogen-bond donors (Lipinski definition) is 1. The number of allylic oxidation sites excluding steroid dienone is 1. The fraction of sp³-hybridized carbons (Fsp3) is 0.833. The van der Waals surface area contributed by atoms with Crippen LogP contribution in [0.2, 0.25) is 0 Å². The van der Waals surface area contributed by atoms with Crippen LogP contribution in [0.4, 0.5) is 0 Å². The van der Waals surface area contributed by atoms with E-state index in [0.29, 0.717) is 0 Å². The van der Waals surface area contributed by atoms with Crippen LogP contribution in [-0.2, 0) is 0 Å². The maximum Gasteiger partial charge on any atom is 0.0921 e. The Labute approximate surface area is 136 Å². The summed E-state index contributed by atoms with van der Waals surface area (Å²) in [5.74, 6) is 0.994. The molecule has 0 spiro atoms. The van der Waals surface area contributed by atoms with Crippen molar-refractivity contribution in [2.45, 2.75) is 90.6 Å². The van der Waals surface area contributed by atoms with Gasteiger partial charge in [0.05, 0.1) is 11.7 Å². The van der Waals surface area contributed by atoms with Crippen LogP contribution in [0.1, 0.15) is 85.0 Å². The lowest BCUT2D eigenvalue weighted by atomic mass is 10.1. The Morgan fingerprint density at radius 2 is 1.48 bits per heavy atom. The van der Waals surface area contributed by atoms with Crippen LogP contribution in [0.25, 0.3) is 0 Å². The largest absolute Gasteiger partial charge is 0.385 e. The molecule has 0 amide bonds. The Morgan fingerprint density at radius 3 is 1.90 bits per heavy atom. The number of aliphatic hydroxyl groups is 1. The molecule has 0 atom stereocenters. The number of rotatable bonds is 13. The Kier molecular flexibility index (Phi) is 12.9. The van der Waals surface area contributed by atoms with Crippen LogP contribution in [0.3, 0.4) is 0 Å². The molecule has 0 saturated heterocycles. The van der Waals surface area contributed by atoms with E-state index < -0.39 is 5.60 Å². The van der Waals surface area contributed by atoms with Crippen molar-refractivity contribution in [1.82, 2.24) is 0 Å². The molecular weight excluding hydrogens is 278 g/mol. The first kappa shape index (κ1) is 20.5. The van der Waals surface area contributed by atoms with E-state index in [9.17, 15) is 5.11 Å². The van der Waals surface area contributed by atoms with Crippen LogP contribution in [0.5, 0.6) is 0 Å². The molecule has 21 heavy (non-hydrogen) atoms. The Bertz CT molecular complexity index is 312. The molecule has 122 valence electrons. The number of hydrogen-bond acceptors (Lipinski definition) is 3. The second-order valence-electron chi connectivity index (χ2n) is 6.23. The highest BCUT2D eigenvalue weighted by Crippen LogP contribution is 2.28. The highest BCUT2D eigenvalue weighted by molar-refractivity contribution is 8.03. The maximum atomic E-state index is 9.93. The van der Waals surface area contributed by atoms with Gasteiger partial charge in [-0.3, -0.25) is 0 Å². The second-order valence-corrected chi connectivity index (χ2v) is 7.36. The van der Waals surface area contributed by atoms with Gasteiger partial charge in [0.1, 0.15) is 0 Å². The number of thioether (sulfide) groups is 1. The van der Waals surface area contributed by atoms with Gasteiger partial charge in [0, 0.05) is 11.0 Å². The standard InChI is InChI=1S/C18H33NOS/c1-4-5-6-7-8-9-10-11-12-13-16-21-17(14-15-19)18(2,3)20/h14,20H,4-13,16H2,1-3H3. The molecule has 0 aromatic carbocycles. The Hall–Kier alpha value is -0.460. The van der Waals surface area contributed by atoms with Crippen molar-refractivity contribution in [1.29, 1.82) is 5.26 Å². The van der Waals surface area contributed by atoms with Gasteiger partial charge >= 0.3 is 0 Å². The van der Waals surface area contributed by atoms with Gasteiger partial charge in [0.15, 0.2) is 0 Å². The van der Waals surface area contributed by atoms with Crippen molar-refractivity contribution in [2.75, 3.05) is 5.75 Å². The molecule has 0 saturated carbocycles. The van der Waals surface area contributed by atoms with Gasteiger partial charge in [-0.2, -0.15) is 5.26 Å². The minimum absolute atomic E-state index is 0.779. The van der Waals surface area contributed by atoms with Crippen molar-refractivity contribution in [3.63, 3.8) is 0 Å². The first-order valence-corrected chi connectivity index (χ1v) is 9.46. The van der Waals surface area contributed by atoms with Crippen LogP contribution in [0, 0.1) is 11.3 Å². The molecule has 1 N–H and O–H groups in total. The maximum absolute atomic E-state index is 9.93. The predicted octanol–water partition coefficient (Wildman–Crippen LogP) is 5.82. The molecule has 0 radical (unpaired) electrons. The van der Waals surface area contributed by atoms with E-state index in [1.807, 2.05) is 6.07 Å². The molecule has 0 aromatic rings. The first-order chi connectivity index (χ1) is 10.0. The predicted molar refractivity (Wildman–Crippen MR) is 94.3 cm³/mol. The average Bonchev–Trinajstić information content (AvgIpc) is 2.42. The molecule has 0 aliphatic carbocycles. The van der Waals surface area contributed by atoms with Gasteiger partial charge in [-0.25, -0.2) is 0 Å². The average molecular weight is 312 g/mol. The van der Waals surface area contributed by atoms with Gasteiger partial charge in [-0.05, 0) is 26.0 Å². The summed E-state index contributed by atoms with van der Waals surface area (Å²) in [7, 11) is 0. The fourth-order valence-corrected chi connectivity index (χ4v) is 3.28. The summed E-state index contributed by atoms with van der Waals surface area (Å²) in [6, 6.07) is 2.02. The SMILES string of the molecule is CCCCCCCCCCCCSC(=CC#N)C(C)(C)O. The lowest BCUT2D eigenvalue weighted by Crippen LogP contribution is -2.20. The van der Waals surface area contributed by atoms with Crippen molar-refractivity contribution in [2.24, 2.45) is 0 Å². The molecule has 0 fully saturated rings. The molecule has 0 aromatic heterocycles. The van der Waals surface area contributed by atoms with E-state index in [1.54, 1.807) is 25.6 Å². The number of nitriles is 1. The van der Waals surface area contributed by atoms with Gasteiger partial charge in [-0.1, -0.05) is 64.7 Å². The fourth-order valence-electron chi connectivity index (χ4n) is 2.23. The topological polar surface area (TPSA) is 44.0 Å². The van der Waals surface area contributed by atoms with E-state index >= 15 is 0 Å². The molecule has 0 aliphatic heterocycles. The molecule has 2 nitrogen and oxygen atoms in total. The zero-order chi connectivity index (χ0) is 16.0. The Balaban J connectivity index is 3.48.